The molecule has 0 saturated heterocycles. The first kappa shape index (κ1) is 12.1. The highest BCUT2D eigenvalue weighted by Gasteiger charge is 2.27. The van der Waals surface area contributed by atoms with Crippen LogP contribution in [-0.4, -0.2) is 24.9 Å². The minimum atomic E-state index is -4.24. The molecular weight excluding hydrogens is 211 g/mol. The number of rotatable bonds is 3. The number of hydrogen-bond acceptors (Lipinski definition) is 2. The molecule has 0 atom stereocenters. The van der Waals surface area contributed by atoms with Crippen LogP contribution in [0.5, 0.6) is 0 Å². The molecule has 0 aromatic rings. The number of carbonyl (C=O) groups excluding carboxylic acids is 1. The molecule has 0 bridgehead atoms. The molecule has 0 heterocycles. The van der Waals surface area contributed by atoms with Crippen LogP contribution >= 0.6 is 0 Å². The van der Waals surface area contributed by atoms with Gasteiger partial charge < -0.3 is 10.1 Å². The van der Waals surface area contributed by atoms with Gasteiger partial charge in [-0.25, -0.2) is 4.79 Å². The van der Waals surface area contributed by atoms with Crippen LogP contribution in [0.4, 0.5) is 18.0 Å². The maximum absolute atomic E-state index is 11.7. The molecule has 0 aromatic carbocycles. The van der Waals surface area contributed by atoms with Gasteiger partial charge in [0, 0.05) is 6.54 Å². The van der Waals surface area contributed by atoms with Gasteiger partial charge in [-0.05, 0) is 25.7 Å². The third kappa shape index (κ3) is 5.49. The van der Waals surface area contributed by atoms with Gasteiger partial charge in [-0.1, -0.05) is 0 Å². The highest BCUT2D eigenvalue weighted by molar-refractivity contribution is 5.67. The lowest BCUT2D eigenvalue weighted by Gasteiger charge is -2.12. The number of nitrogens with one attached hydrogen (secondary N) is 1. The Morgan fingerprint density at radius 3 is 2.47 bits per heavy atom. The summed E-state index contributed by atoms with van der Waals surface area (Å²) in [6.45, 7) is -0.422. The minimum absolute atomic E-state index is 0.115. The standard InChI is InChI=1S/C9H14F3NO2/c10-9(11,12)5-6-13-8(14)15-7-3-1-2-4-7/h7H,1-6H2,(H,13,14). The lowest BCUT2D eigenvalue weighted by atomic mass is 10.3. The van der Waals surface area contributed by atoms with Crippen molar-refractivity contribution in [3.05, 3.63) is 0 Å². The van der Waals surface area contributed by atoms with Gasteiger partial charge >= 0.3 is 12.3 Å². The topological polar surface area (TPSA) is 38.3 Å². The molecule has 0 spiro atoms. The zero-order chi connectivity index (χ0) is 11.3. The number of amides is 1. The van der Waals surface area contributed by atoms with E-state index in [0.29, 0.717) is 0 Å². The van der Waals surface area contributed by atoms with Crippen molar-refractivity contribution in [3.63, 3.8) is 0 Å². The maximum atomic E-state index is 11.7. The predicted molar refractivity (Wildman–Crippen MR) is 47.4 cm³/mol. The molecule has 3 nitrogen and oxygen atoms in total. The fraction of sp³-hybridized carbons (Fsp3) is 0.889. The van der Waals surface area contributed by atoms with Gasteiger partial charge in [-0.15, -0.1) is 0 Å². The monoisotopic (exact) mass is 225 g/mol. The molecule has 1 aliphatic rings. The molecule has 1 saturated carbocycles. The van der Waals surface area contributed by atoms with Crippen LogP contribution in [0, 0.1) is 0 Å². The lowest BCUT2D eigenvalue weighted by Crippen LogP contribution is -2.30. The predicted octanol–water partition coefficient (Wildman–Crippen LogP) is 2.61. The Morgan fingerprint density at radius 2 is 1.93 bits per heavy atom. The van der Waals surface area contributed by atoms with E-state index in [9.17, 15) is 18.0 Å². The lowest BCUT2D eigenvalue weighted by molar-refractivity contribution is -0.133. The first-order chi connectivity index (χ1) is 6.97. The molecule has 0 aliphatic heterocycles. The van der Waals surface area contributed by atoms with Crippen LogP contribution in [0.3, 0.4) is 0 Å². The third-order valence-corrected chi connectivity index (χ3v) is 2.25. The van der Waals surface area contributed by atoms with Crippen molar-refractivity contribution < 1.29 is 22.7 Å². The van der Waals surface area contributed by atoms with E-state index in [4.69, 9.17) is 4.74 Å². The number of halogens is 3. The summed E-state index contributed by atoms with van der Waals surface area (Å²) >= 11 is 0. The molecule has 1 fully saturated rings. The van der Waals surface area contributed by atoms with Crippen molar-refractivity contribution in [2.45, 2.75) is 44.4 Å². The van der Waals surface area contributed by atoms with Gasteiger partial charge in [0.25, 0.3) is 0 Å². The van der Waals surface area contributed by atoms with E-state index in [-0.39, 0.29) is 6.10 Å². The van der Waals surface area contributed by atoms with E-state index in [1.54, 1.807) is 0 Å². The fourth-order valence-electron chi connectivity index (χ4n) is 1.51. The van der Waals surface area contributed by atoms with Crippen molar-refractivity contribution >= 4 is 6.09 Å². The number of alkyl halides is 3. The number of alkyl carbamates (subject to hydrolysis) is 1. The molecule has 88 valence electrons. The second-order valence-electron chi connectivity index (χ2n) is 3.60. The minimum Gasteiger partial charge on any atom is -0.446 e. The van der Waals surface area contributed by atoms with Gasteiger partial charge in [0.2, 0.25) is 0 Å². The Hall–Kier alpha value is -0.940. The average Bonchev–Trinajstić information content (AvgIpc) is 2.54. The molecule has 0 radical (unpaired) electrons. The van der Waals surface area contributed by atoms with Gasteiger partial charge in [-0.2, -0.15) is 13.2 Å². The molecule has 15 heavy (non-hydrogen) atoms. The number of hydrogen-bond donors (Lipinski definition) is 1. The zero-order valence-electron chi connectivity index (χ0n) is 8.27. The summed E-state index contributed by atoms with van der Waals surface area (Å²) in [6.07, 6.45) is -2.46. The van der Waals surface area contributed by atoms with E-state index >= 15 is 0 Å². The summed E-state index contributed by atoms with van der Waals surface area (Å²) < 4.78 is 40.1. The second kappa shape index (κ2) is 5.23. The van der Waals surface area contributed by atoms with Crippen LogP contribution < -0.4 is 5.32 Å². The van der Waals surface area contributed by atoms with Gasteiger partial charge in [0.15, 0.2) is 0 Å². The van der Waals surface area contributed by atoms with Crippen molar-refractivity contribution in [1.29, 1.82) is 0 Å². The highest BCUT2D eigenvalue weighted by atomic mass is 19.4. The summed E-state index contributed by atoms with van der Waals surface area (Å²) in [4.78, 5) is 11.0. The molecule has 0 unspecified atom stereocenters. The molecular formula is C9H14F3NO2. The van der Waals surface area contributed by atoms with E-state index in [1.165, 1.54) is 0 Å². The van der Waals surface area contributed by atoms with Crippen molar-refractivity contribution in [2.24, 2.45) is 0 Å². The van der Waals surface area contributed by atoms with Crippen molar-refractivity contribution in [3.8, 4) is 0 Å². The molecule has 6 heteroatoms. The van der Waals surface area contributed by atoms with Gasteiger partial charge in [0.05, 0.1) is 6.42 Å². The Bertz CT molecular complexity index is 212. The quantitative estimate of drug-likeness (QED) is 0.801. The summed E-state index contributed by atoms with van der Waals surface area (Å²) in [6, 6.07) is 0. The Morgan fingerprint density at radius 1 is 1.33 bits per heavy atom. The Labute approximate surface area is 86.0 Å². The van der Waals surface area contributed by atoms with Crippen LogP contribution in [0.25, 0.3) is 0 Å². The largest absolute Gasteiger partial charge is 0.446 e. The first-order valence-corrected chi connectivity index (χ1v) is 4.98. The number of carbonyl (C=O) groups is 1. The average molecular weight is 225 g/mol. The molecule has 1 rings (SSSR count). The summed E-state index contributed by atoms with van der Waals surface area (Å²) in [5.74, 6) is 0. The molecule has 1 aliphatic carbocycles. The normalized spacial score (nSPS) is 17.8. The van der Waals surface area contributed by atoms with E-state index in [1.807, 2.05) is 0 Å². The Balaban J connectivity index is 2.08. The van der Waals surface area contributed by atoms with E-state index < -0.39 is 25.2 Å². The first-order valence-electron chi connectivity index (χ1n) is 4.98. The fourth-order valence-corrected chi connectivity index (χ4v) is 1.51. The van der Waals surface area contributed by atoms with Crippen LogP contribution in [-0.2, 0) is 4.74 Å². The van der Waals surface area contributed by atoms with Gasteiger partial charge in [-0.3, -0.25) is 0 Å². The highest BCUT2D eigenvalue weighted by Crippen LogP contribution is 2.21. The van der Waals surface area contributed by atoms with Crippen LogP contribution in [0.2, 0.25) is 0 Å². The van der Waals surface area contributed by atoms with Crippen LogP contribution in [0.15, 0.2) is 0 Å². The molecule has 1 amide bonds. The summed E-state index contributed by atoms with van der Waals surface area (Å²) in [7, 11) is 0. The maximum Gasteiger partial charge on any atom is 0.407 e. The van der Waals surface area contributed by atoms with E-state index in [2.05, 4.69) is 5.32 Å². The molecule has 0 aromatic heterocycles. The van der Waals surface area contributed by atoms with E-state index in [0.717, 1.165) is 25.7 Å². The smallest absolute Gasteiger partial charge is 0.407 e. The zero-order valence-corrected chi connectivity index (χ0v) is 8.27. The van der Waals surface area contributed by atoms with Gasteiger partial charge in [0.1, 0.15) is 6.10 Å². The van der Waals surface area contributed by atoms with Crippen LogP contribution in [0.1, 0.15) is 32.1 Å². The summed E-state index contributed by atoms with van der Waals surface area (Å²) in [5, 5.41) is 2.08. The SMILES string of the molecule is O=C(NCCC(F)(F)F)OC1CCCC1. The van der Waals surface area contributed by atoms with Crippen molar-refractivity contribution in [2.75, 3.05) is 6.54 Å². The summed E-state index contributed by atoms with van der Waals surface area (Å²) in [5.41, 5.74) is 0. The van der Waals surface area contributed by atoms with Crippen molar-refractivity contribution in [1.82, 2.24) is 5.32 Å². The second-order valence-corrected chi connectivity index (χ2v) is 3.60. The molecule has 1 N–H and O–H groups in total. The third-order valence-electron chi connectivity index (χ3n) is 2.25. The Kier molecular flexibility index (Phi) is 4.23. The number of ether oxygens (including phenoxy) is 1.